The average Bonchev–Trinajstić information content (AvgIpc) is 2.53. The van der Waals surface area contributed by atoms with Crippen molar-refractivity contribution in [3.8, 4) is 5.75 Å². The average molecular weight is 351 g/mol. The summed E-state index contributed by atoms with van der Waals surface area (Å²) in [5.41, 5.74) is 2.20. The van der Waals surface area contributed by atoms with Crippen molar-refractivity contribution in [3.05, 3.63) is 69.2 Å². The van der Waals surface area contributed by atoms with Crippen molar-refractivity contribution in [3.63, 3.8) is 0 Å². The van der Waals surface area contributed by atoms with Crippen LogP contribution < -0.4 is 4.74 Å². The number of benzene rings is 2. The first-order chi connectivity index (χ1) is 11.0. The third-order valence-electron chi connectivity index (χ3n) is 3.23. The molecule has 2 rings (SSSR count). The maximum Gasteiger partial charge on any atom is 0.187 e. The zero-order valence-corrected chi connectivity index (χ0v) is 14.3. The van der Waals surface area contributed by atoms with E-state index in [4.69, 9.17) is 32.7 Å². The van der Waals surface area contributed by atoms with Gasteiger partial charge in [0.25, 0.3) is 0 Å². The molecule has 0 unspecified atom stereocenters. The molecule has 23 heavy (non-hydrogen) atoms. The first-order valence-electron chi connectivity index (χ1n) is 6.88. The Hall–Kier alpha value is -1.81. The van der Waals surface area contributed by atoms with Crippen molar-refractivity contribution in [2.75, 3.05) is 14.2 Å². The van der Waals surface area contributed by atoms with Crippen LogP contribution in [0.15, 0.2) is 42.5 Å². The minimum Gasteiger partial charge on any atom is -0.496 e. The number of hydrogen-bond acceptors (Lipinski definition) is 3. The summed E-state index contributed by atoms with van der Waals surface area (Å²) in [4.78, 5) is 12.2. The molecule has 0 atom stereocenters. The zero-order chi connectivity index (χ0) is 16.8. The van der Waals surface area contributed by atoms with Crippen LogP contribution in [0.5, 0.6) is 5.75 Å². The maximum atomic E-state index is 12.2. The molecule has 0 bridgehead atoms. The number of rotatable bonds is 6. The molecule has 120 valence electrons. The molecule has 0 aliphatic rings. The molecule has 0 aliphatic carbocycles. The second-order valence-corrected chi connectivity index (χ2v) is 5.67. The second kappa shape index (κ2) is 8.16. The van der Waals surface area contributed by atoms with E-state index in [1.165, 1.54) is 6.08 Å². The van der Waals surface area contributed by atoms with Crippen LogP contribution in [0.25, 0.3) is 6.08 Å². The third-order valence-corrected chi connectivity index (χ3v) is 3.78. The molecule has 2 aromatic carbocycles. The van der Waals surface area contributed by atoms with Crippen molar-refractivity contribution in [2.45, 2.75) is 6.61 Å². The van der Waals surface area contributed by atoms with Gasteiger partial charge in [0.1, 0.15) is 5.75 Å². The highest BCUT2D eigenvalue weighted by molar-refractivity contribution is 6.37. The van der Waals surface area contributed by atoms with Crippen LogP contribution in [-0.4, -0.2) is 20.0 Å². The molecule has 0 heterocycles. The van der Waals surface area contributed by atoms with Crippen molar-refractivity contribution in [1.82, 2.24) is 0 Å². The topological polar surface area (TPSA) is 35.5 Å². The maximum absolute atomic E-state index is 12.2. The van der Waals surface area contributed by atoms with Crippen molar-refractivity contribution < 1.29 is 14.3 Å². The molecule has 3 nitrogen and oxygen atoms in total. The van der Waals surface area contributed by atoms with E-state index >= 15 is 0 Å². The second-order valence-electron chi connectivity index (χ2n) is 4.83. The molecule has 0 fully saturated rings. The largest absolute Gasteiger partial charge is 0.496 e. The zero-order valence-electron chi connectivity index (χ0n) is 12.8. The summed E-state index contributed by atoms with van der Waals surface area (Å²) in [5.74, 6) is 0.562. The number of carbonyl (C=O) groups is 1. The van der Waals surface area contributed by atoms with Crippen LogP contribution in [0.4, 0.5) is 0 Å². The van der Waals surface area contributed by atoms with Gasteiger partial charge in [-0.3, -0.25) is 4.79 Å². The van der Waals surface area contributed by atoms with E-state index < -0.39 is 0 Å². The number of carbonyl (C=O) groups excluding carboxylic acids is 1. The standard InChI is InChI=1S/C18H16Cl2O3/c1-22-11-13-9-12(4-8-18(13)23-2)3-7-17(21)15-6-5-14(19)10-16(15)20/h3-10H,11H2,1-2H3/b7-3+. The Kier molecular flexibility index (Phi) is 6.22. The highest BCUT2D eigenvalue weighted by Crippen LogP contribution is 2.23. The summed E-state index contributed by atoms with van der Waals surface area (Å²) in [5, 5.41) is 0.830. The van der Waals surface area contributed by atoms with Crippen LogP contribution in [0.2, 0.25) is 10.0 Å². The quantitative estimate of drug-likeness (QED) is 0.540. The smallest absolute Gasteiger partial charge is 0.187 e. The Morgan fingerprint density at radius 3 is 2.57 bits per heavy atom. The Morgan fingerprint density at radius 1 is 1.13 bits per heavy atom. The van der Waals surface area contributed by atoms with Crippen molar-refractivity contribution >= 4 is 35.1 Å². The van der Waals surface area contributed by atoms with Crippen LogP contribution in [0.1, 0.15) is 21.5 Å². The van der Waals surface area contributed by atoms with Gasteiger partial charge in [-0.15, -0.1) is 0 Å². The first kappa shape index (κ1) is 17.5. The van der Waals surface area contributed by atoms with Crippen LogP contribution >= 0.6 is 23.2 Å². The van der Waals surface area contributed by atoms with Crippen LogP contribution in [-0.2, 0) is 11.3 Å². The van der Waals surface area contributed by atoms with Gasteiger partial charge in [0.05, 0.1) is 18.7 Å². The predicted octanol–water partition coefficient (Wildman–Crippen LogP) is 5.04. The number of halogens is 2. The van der Waals surface area contributed by atoms with Crippen LogP contribution in [0, 0.1) is 0 Å². The predicted molar refractivity (Wildman–Crippen MR) is 93.5 cm³/mol. The highest BCUT2D eigenvalue weighted by atomic mass is 35.5. The summed E-state index contributed by atoms with van der Waals surface area (Å²) in [6.45, 7) is 0.432. The molecule has 0 saturated heterocycles. The summed E-state index contributed by atoms with van der Waals surface area (Å²) >= 11 is 11.9. The van der Waals surface area contributed by atoms with E-state index in [0.717, 1.165) is 16.9 Å². The fraction of sp³-hybridized carbons (Fsp3) is 0.167. The monoisotopic (exact) mass is 350 g/mol. The van der Waals surface area contributed by atoms with E-state index in [2.05, 4.69) is 0 Å². The van der Waals surface area contributed by atoms with Gasteiger partial charge in [-0.25, -0.2) is 0 Å². The van der Waals surface area contributed by atoms with E-state index in [9.17, 15) is 4.79 Å². The number of ether oxygens (including phenoxy) is 2. The Morgan fingerprint density at radius 2 is 1.91 bits per heavy atom. The summed E-state index contributed by atoms with van der Waals surface area (Å²) in [6, 6.07) is 10.4. The number of hydrogen-bond donors (Lipinski definition) is 0. The van der Waals surface area contributed by atoms with Crippen molar-refractivity contribution in [2.24, 2.45) is 0 Å². The van der Waals surface area contributed by atoms with Gasteiger partial charge in [-0.1, -0.05) is 35.3 Å². The van der Waals surface area contributed by atoms with Gasteiger partial charge in [-0.2, -0.15) is 0 Å². The van der Waals surface area contributed by atoms with Gasteiger partial charge in [-0.05, 0) is 42.0 Å². The lowest BCUT2D eigenvalue weighted by Crippen LogP contribution is -1.96. The minimum atomic E-state index is -0.184. The molecule has 0 N–H and O–H groups in total. The Balaban J connectivity index is 2.22. The molecular weight excluding hydrogens is 335 g/mol. The summed E-state index contributed by atoms with van der Waals surface area (Å²) in [7, 11) is 3.23. The molecule has 0 amide bonds. The van der Waals surface area contributed by atoms with E-state index in [1.54, 1.807) is 38.5 Å². The molecule has 5 heteroatoms. The van der Waals surface area contributed by atoms with E-state index in [-0.39, 0.29) is 5.78 Å². The molecule has 2 aromatic rings. The molecule has 0 radical (unpaired) electrons. The SMILES string of the molecule is COCc1cc(/C=C/C(=O)c2ccc(Cl)cc2Cl)ccc1OC. The molecule has 0 saturated carbocycles. The molecular formula is C18H16Cl2O3. The fourth-order valence-electron chi connectivity index (χ4n) is 2.12. The fourth-order valence-corrected chi connectivity index (χ4v) is 2.62. The lowest BCUT2D eigenvalue weighted by atomic mass is 10.1. The van der Waals surface area contributed by atoms with E-state index in [1.807, 2.05) is 18.2 Å². The minimum absolute atomic E-state index is 0.184. The highest BCUT2D eigenvalue weighted by Gasteiger charge is 2.08. The summed E-state index contributed by atoms with van der Waals surface area (Å²) in [6.07, 6.45) is 3.21. The van der Waals surface area contributed by atoms with Gasteiger partial charge in [0.15, 0.2) is 5.78 Å². The first-order valence-corrected chi connectivity index (χ1v) is 7.64. The van der Waals surface area contributed by atoms with Gasteiger partial charge in [0.2, 0.25) is 0 Å². The molecule has 0 aliphatic heterocycles. The lowest BCUT2D eigenvalue weighted by molar-refractivity contribution is 0.104. The molecule has 0 spiro atoms. The van der Waals surface area contributed by atoms with Gasteiger partial charge < -0.3 is 9.47 Å². The number of ketones is 1. The van der Waals surface area contributed by atoms with Gasteiger partial charge >= 0.3 is 0 Å². The summed E-state index contributed by atoms with van der Waals surface area (Å²) < 4.78 is 10.4. The van der Waals surface area contributed by atoms with Gasteiger partial charge in [0, 0.05) is 23.3 Å². The van der Waals surface area contributed by atoms with Crippen LogP contribution in [0.3, 0.4) is 0 Å². The number of methoxy groups -OCH3 is 2. The van der Waals surface area contributed by atoms with Crippen molar-refractivity contribution in [1.29, 1.82) is 0 Å². The number of allylic oxidation sites excluding steroid dienone is 1. The lowest BCUT2D eigenvalue weighted by Gasteiger charge is -2.08. The normalized spacial score (nSPS) is 11.0. The third kappa shape index (κ3) is 4.58. The Bertz CT molecular complexity index is 739. The Labute approximate surface area is 145 Å². The molecule has 0 aromatic heterocycles. The van der Waals surface area contributed by atoms with E-state index in [0.29, 0.717) is 22.2 Å².